The number of piperidine rings is 1. The van der Waals surface area contributed by atoms with Gasteiger partial charge in [0, 0.05) is 16.2 Å². The van der Waals surface area contributed by atoms with Gasteiger partial charge in [-0.3, -0.25) is 25.1 Å². The average molecular weight is 393 g/mol. The van der Waals surface area contributed by atoms with Crippen molar-refractivity contribution in [1.29, 1.82) is 0 Å². The molecule has 2 aliphatic rings. The van der Waals surface area contributed by atoms with Crippen molar-refractivity contribution in [2.75, 3.05) is 0 Å². The van der Waals surface area contributed by atoms with Crippen LogP contribution in [0.5, 0.6) is 0 Å². The summed E-state index contributed by atoms with van der Waals surface area (Å²) in [5, 5.41) is 2.40. The highest BCUT2D eigenvalue weighted by molar-refractivity contribution is 7.89. The summed E-state index contributed by atoms with van der Waals surface area (Å²) in [5.74, 6) is -1.36. The molecule has 0 aromatic heterocycles. The molecule has 3 amide bonds. The highest BCUT2D eigenvalue weighted by Crippen LogP contribution is 2.56. The first kappa shape index (κ1) is 19.5. The molecule has 2 atom stereocenters. The number of benzene rings is 1. The largest absolute Gasteiger partial charge is 0.296 e. The Morgan fingerprint density at radius 1 is 0.963 bits per heavy atom. The normalized spacial score (nSPS) is 33.3. The first-order chi connectivity index (χ1) is 12.4. The lowest BCUT2D eigenvalue weighted by atomic mass is 9.52. The number of hydrazine groups is 1. The van der Waals surface area contributed by atoms with E-state index in [0.717, 1.165) is 0 Å². The third kappa shape index (κ3) is 3.37. The number of nitrogens with one attached hydrogen (secondary N) is 3. The van der Waals surface area contributed by atoms with Gasteiger partial charge in [0.05, 0.1) is 4.90 Å². The Morgan fingerprint density at radius 3 is 2.00 bits per heavy atom. The molecule has 1 aliphatic carbocycles. The van der Waals surface area contributed by atoms with Gasteiger partial charge in [-0.25, -0.2) is 8.42 Å². The summed E-state index contributed by atoms with van der Waals surface area (Å²) in [6, 6.07) is 7.65. The molecule has 9 heteroatoms. The first-order valence-electron chi connectivity index (χ1n) is 8.64. The van der Waals surface area contributed by atoms with Crippen LogP contribution in [0.15, 0.2) is 35.2 Å². The molecule has 1 aliphatic heterocycles. The zero-order valence-electron chi connectivity index (χ0n) is 15.5. The number of carbonyl (C=O) groups excluding carboxylic acids is 3. The summed E-state index contributed by atoms with van der Waals surface area (Å²) in [5.41, 5.74) is -0.549. The van der Waals surface area contributed by atoms with Crippen LogP contribution in [0.3, 0.4) is 0 Å². The molecule has 3 rings (SSSR count). The van der Waals surface area contributed by atoms with Crippen LogP contribution in [0.1, 0.15) is 40.0 Å². The summed E-state index contributed by atoms with van der Waals surface area (Å²) < 4.78 is 24.6. The van der Waals surface area contributed by atoms with Gasteiger partial charge < -0.3 is 0 Å². The Hall–Kier alpha value is -2.26. The van der Waals surface area contributed by atoms with Gasteiger partial charge in [0.15, 0.2) is 0 Å². The van der Waals surface area contributed by atoms with Crippen molar-refractivity contribution in [1.82, 2.24) is 15.6 Å². The van der Waals surface area contributed by atoms with Gasteiger partial charge in [-0.15, -0.1) is 4.83 Å². The molecule has 146 valence electrons. The lowest BCUT2D eigenvalue weighted by Gasteiger charge is -2.53. The minimum Gasteiger partial charge on any atom is -0.296 e. The average Bonchev–Trinajstić information content (AvgIpc) is 2.58. The second-order valence-corrected chi connectivity index (χ2v) is 10.1. The van der Waals surface area contributed by atoms with Crippen LogP contribution in [-0.2, 0) is 24.4 Å². The number of rotatable bonds is 4. The highest BCUT2D eigenvalue weighted by atomic mass is 32.2. The number of amides is 3. The molecular formula is C18H23N3O5S. The fourth-order valence-electron chi connectivity index (χ4n) is 4.58. The number of sulfonamides is 1. The van der Waals surface area contributed by atoms with Crippen molar-refractivity contribution in [3.8, 4) is 0 Å². The molecule has 1 saturated carbocycles. The van der Waals surface area contributed by atoms with Crippen LogP contribution in [0.2, 0.25) is 0 Å². The predicted octanol–water partition coefficient (Wildman–Crippen LogP) is 0.855. The standard InChI is InChI=1S/C18H23N3O5S/c1-16-9-17(2,14(23)19-13(16)22)11-18(3,10-16)15(24)20-21-27(25,26)12-7-5-4-6-8-12/h4-8,21H,9-11H2,1-3H3,(H,20,24)(H,19,22,23). The van der Waals surface area contributed by atoms with Gasteiger partial charge in [0.2, 0.25) is 17.7 Å². The molecular weight excluding hydrogens is 370 g/mol. The maximum Gasteiger partial charge on any atom is 0.257 e. The van der Waals surface area contributed by atoms with Crippen LogP contribution >= 0.6 is 0 Å². The second-order valence-electron chi connectivity index (χ2n) is 8.37. The Kier molecular flexibility index (Phi) is 4.43. The summed E-state index contributed by atoms with van der Waals surface area (Å²) in [7, 11) is -3.92. The number of imide groups is 1. The van der Waals surface area contributed by atoms with E-state index in [9.17, 15) is 22.8 Å². The molecule has 2 unspecified atom stereocenters. The number of carbonyl (C=O) groups is 3. The monoisotopic (exact) mass is 393 g/mol. The minimum absolute atomic E-state index is 0.0180. The molecule has 2 fully saturated rings. The molecule has 0 spiro atoms. The summed E-state index contributed by atoms with van der Waals surface area (Å²) in [6.07, 6.45) is 0.796. The highest BCUT2D eigenvalue weighted by Gasteiger charge is 2.60. The van der Waals surface area contributed by atoms with Gasteiger partial charge in [-0.05, 0) is 31.4 Å². The molecule has 1 saturated heterocycles. The Balaban J connectivity index is 1.80. The Morgan fingerprint density at radius 2 is 1.48 bits per heavy atom. The molecule has 2 bridgehead atoms. The minimum atomic E-state index is -3.92. The maximum atomic E-state index is 12.8. The van der Waals surface area contributed by atoms with Crippen molar-refractivity contribution in [2.45, 2.75) is 44.9 Å². The van der Waals surface area contributed by atoms with Crippen LogP contribution in [0, 0.1) is 16.2 Å². The van der Waals surface area contributed by atoms with E-state index in [1.54, 1.807) is 39.0 Å². The predicted molar refractivity (Wildman–Crippen MR) is 96.2 cm³/mol. The van der Waals surface area contributed by atoms with Crippen molar-refractivity contribution in [2.24, 2.45) is 16.2 Å². The van der Waals surface area contributed by atoms with E-state index in [1.807, 2.05) is 0 Å². The van der Waals surface area contributed by atoms with E-state index in [4.69, 9.17) is 0 Å². The quantitative estimate of drug-likeness (QED) is 0.517. The van der Waals surface area contributed by atoms with Crippen LogP contribution < -0.4 is 15.6 Å². The third-order valence-electron chi connectivity index (χ3n) is 5.57. The van der Waals surface area contributed by atoms with E-state index < -0.39 is 44.0 Å². The van der Waals surface area contributed by atoms with Crippen molar-refractivity contribution in [3.05, 3.63) is 30.3 Å². The zero-order chi connectivity index (χ0) is 20.1. The molecule has 27 heavy (non-hydrogen) atoms. The Bertz CT molecular complexity index is 886. The lowest BCUT2D eigenvalue weighted by Crippen LogP contribution is -2.64. The summed E-state index contributed by atoms with van der Waals surface area (Å²) >= 11 is 0. The van der Waals surface area contributed by atoms with E-state index in [-0.39, 0.29) is 17.7 Å². The van der Waals surface area contributed by atoms with E-state index in [0.29, 0.717) is 6.42 Å². The molecule has 1 heterocycles. The number of hydrogen-bond acceptors (Lipinski definition) is 5. The fraction of sp³-hybridized carbons (Fsp3) is 0.500. The van der Waals surface area contributed by atoms with Gasteiger partial charge in [0.1, 0.15) is 0 Å². The van der Waals surface area contributed by atoms with Gasteiger partial charge >= 0.3 is 0 Å². The van der Waals surface area contributed by atoms with Crippen molar-refractivity contribution in [3.63, 3.8) is 0 Å². The van der Waals surface area contributed by atoms with Crippen molar-refractivity contribution < 1.29 is 22.8 Å². The van der Waals surface area contributed by atoms with E-state index in [1.165, 1.54) is 12.1 Å². The van der Waals surface area contributed by atoms with Gasteiger partial charge in [-0.1, -0.05) is 39.0 Å². The molecule has 0 radical (unpaired) electrons. The van der Waals surface area contributed by atoms with E-state index >= 15 is 0 Å². The zero-order valence-corrected chi connectivity index (χ0v) is 16.3. The number of hydrogen-bond donors (Lipinski definition) is 3. The Labute approximate surface area is 158 Å². The van der Waals surface area contributed by atoms with Gasteiger partial charge in [-0.2, -0.15) is 0 Å². The number of fused-ring (bicyclic) bond motifs is 2. The van der Waals surface area contributed by atoms with Gasteiger partial charge in [0.25, 0.3) is 10.0 Å². The van der Waals surface area contributed by atoms with Crippen LogP contribution in [0.4, 0.5) is 0 Å². The molecule has 1 aromatic carbocycles. The first-order valence-corrected chi connectivity index (χ1v) is 10.1. The molecule has 1 aromatic rings. The van der Waals surface area contributed by atoms with Crippen molar-refractivity contribution >= 4 is 27.7 Å². The summed E-state index contributed by atoms with van der Waals surface area (Å²) in [6.45, 7) is 5.11. The fourth-order valence-corrected chi connectivity index (χ4v) is 5.44. The molecule has 8 nitrogen and oxygen atoms in total. The van der Waals surface area contributed by atoms with Crippen LogP contribution in [-0.4, -0.2) is 26.1 Å². The summed E-state index contributed by atoms with van der Waals surface area (Å²) in [4.78, 5) is 39.6. The van der Waals surface area contributed by atoms with Crippen LogP contribution in [0.25, 0.3) is 0 Å². The SMILES string of the molecule is CC1(C(=O)NNS(=O)(=O)c2ccccc2)CC2(C)CC(C)(C1)C(=O)NC2=O. The smallest absolute Gasteiger partial charge is 0.257 e. The second kappa shape index (κ2) is 6.13. The van der Waals surface area contributed by atoms with E-state index in [2.05, 4.69) is 15.6 Å². The maximum absolute atomic E-state index is 12.8. The lowest BCUT2D eigenvalue weighted by molar-refractivity contribution is -0.164. The third-order valence-corrected chi connectivity index (χ3v) is 6.83. The topological polar surface area (TPSA) is 121 Å². The molecule has 3 N–H and O–H groups in total.